The van der Waals surface area contributed by atoms with E-state index in [1.807, 2.05) is 37.6 Å². The van der Waals surface area contributed by atoms with Gasteiger partial charge in [0.1, 0.15) is 6.04 Å². The lowest BCUT2D eigenvalue weighted by atomic mass is 10.0. The van der Waals surface area contributed by atoms with Crippen molar-refractivity contribution in [3.63, 3.8) is 0 Å². The van der Waals surface area contributed by atoms with Crippen LogP contribution >= 0.6 is 23.1 Å². The molecule has 0 aromatic carbocycles. The van der Waals surface area contributed by atoms with E-state index in [1.165, 1.54) is 0 Å². The molecule has 0 radical (unpaired) electrons. The number of carboxylic acids is 1. The minimum atomic E-state index is -1.00. The van der Waals surface area contributed by atoms with Crippen molar-refractivity contribution < 1.29 is 14.7 Å². The first kappa shape index (κ1) is 17.8. The van der Waals surface area contributed by atoms with E-state index in [2.05, 4.69) is 10.6 Å². The summed E-state index contributed by atoms with van der Waals surface area (Å²) in [5, 5.41) is 16.5. The number of amides is 2. The molecule has 2 atom stereocenters. The molecule has 0 aliphatic heterocycles. The number of carbonyl (C=O) groups excluding carboxylic acids is 1. The van der Waals surface area contributed by atoms with Crippen molar-refractivity contribution in [3.8, 4) is 0 Å². The Morgan fingerprint density at radius 1 is 1.38 bits per heavy atom. The van der Waals surface area contributed by atoms with Crippen LogP contribution in [-0.2, 0) is 4.79 Å². The highest BCUT2D eigenvalue weighted by atomic mass is 32.2. The fourth-order valence-electron chi connectivity index (χ4n) is 1.87. The molecule has 0 saturated heterocycles. The first-order valence-corrected chi connectivity index (χ1v) is 9.05. The summed E-state index contributed by atoms with van der Waals surface area (Å²) in [5.74, 6) is -0.0872. The maximum absolute atomic E-state index is 12.0. The summed E-state index contributed by atoms with van der Waals surface area (Å²) in [6, 6.07) is 2.51. The highest BCUT2D eigenvalue weighted by Gasteiger charge is 2.23. The van der Waals surface area contributed by atoms with Crippen LogP contribution < -0.4 is 10.6 Å². The molecular formula is C14H22N2O3S2. The van der Waals surface area contributed by atoms with E-state index in [9.17, 15) is 9.59 Å². The summed E-state index contributed by atoms with van der Waals surface area (Å²) in [7, 11) is 0. The molecule has 118 valence electrons. The molecule has 0 aliphatic rings. The van der Waals surface area contributed by atoms with Crippen molar-refractivity contribution in [3.05, 3.63) is 22.4 Å². The standard InChI is InChI=1S/C14H22N2O3S2/c1-9(2)12(11-5-4-7-21-11)16-14(19)15-10(13(17)18)6-8-20-3/h4-5,7,9-10,12H,6,8H2,1-3H3,(H,17,18)(H2,15,16,19). The molecule has 5 nitrogen and oxygen atoms in total. The van der Waals surface area contributed by atoms with Gasteiger partial charge in [-0.3, -0.25) is 0 Å². The third-order valence-corrected chi connectivity index (χ3v) is 4.62. The fraction of sp³-hybridized carbons (Fsp3) is 0.571. The van der Waals surface area contributed by atoms with Gasteiger partial charge in [-0.25, -0.2) is 9.59 Å². The smallest absolute Gasteiger partial charge is 0.326 e. The average Bonchev–Trinajstić information content (AvgIpc) is 2.93. The highest BCUT2D eigenvalue weighted by molar-refractivity contribution is 7.98. The Labute approximate surface area is 133 Å². The number of thioether (sulfide) groups is 1. The van der Waals surface area contributed by atoms with Gasteiger partial charge in [-0.05, 0) is 35.8 Å². The van der Waals surface area contributed by atoms with Crippen molar-refractivity contribution >= 4 is 35.1 Å². The van der Waals surface area contributed by atoms with E-state index < -0.39 is 18.0 Å². The predicted molar refractivity (Wildman–Crippen MR) is 88.0 cm³/mol. The summed E-state index contributed by atoms with van der Waals surface area (Å²) >= 11 is 3.14. The van der Waals surface area contributed by atoms with Gasteiger partial charge in [-0.15, -0.1) is 11.3 Å². The molecule has 7 heteroatoms. The maximum atomic E-state index is 12.0. The van der Waals surface area contributed by atoms with E-state index in [-0.39, 0.29) is 12.0 Å². The average molecular weight is 330 g/mol. The van der Waals surface area contributed by atoms with Gasteiger partial charge in [0, 0.05) is 4.88 Å². The number of rotatable bonds is 8. The second-order valence-corrected chi connectivity index (χ2v) is 6.99. The lowest BCUT2D eigenvalue weighted by Crippen LogP contribution is -2.47. The third-order valence-electron chi connectivity index (χ3n) is 3.02. The lowest BCUT2D eigenvalue weighted by molar-refractivity contribution is -0.139. The number of carbonyl (C=O) groups is 2. The zero-order valence-corrected chi connectivity index (χ0v) is 14.1. The second-order valence-electron chi connectivity index (χ2n) is 5.03. The van der Waals surface area contributed by atoms with Crippen molar-refractivity contribution in [1.82, 2.24) is 10.6 Å². The number of urea groups is 1. The van der Waals surface area contributed by atoms with E-state index in [0.29, 0.717) is 12.2 Å². The van der Waals surface area contributed by atoms with Crippen molar-refractivity contribution in [1.29, 1.82) is 0 Å². The maximum Gasteiger partial charge on any atom is 0.326 e. The molecule has 3 N–H and O–H groups in total. The number of thiophene rings is 1. The summed E-state index contributed by atoms with van der Waals surface area (Å²) in [4.78, 5) is 24.2. The number of nitrogens with one attached hydrogen (secondary N) is 2. The minimum absolute atomic E-state index is 0.111. The normalized spacial score (nSPS) is 13.7. The molecule has 0 saturated carbocycles. The van der Waals surface area contributed by atoms with E-state index >= 15 is 0 Å². The van der Waals surface area contributed by atoms with Crippen molar-refractivity contribution in [2.24, 2.45) is 5.92 Å². The zero-order valence-electron chi connectivity index (χ0n) is 12.5. The molecule has 2 amide bonds. The van der Waals surface area contributed by atoms with Crippen LogP contribution in [0.1, 0.15) is 31.2 Å². The van der Waals surface area contributed by atoms with Crippen LogP contribution in [0.5, 0.6) is 0 Å². The van der Waals surface area contributed by atoms with E-state index in [0.717, 1.165) is 4.88 Å². The molecule has 2 unspecified atom stereocenters. The Hall–Kier alpha value is -1.21. The SMILES string of the molecule is CSCCC(NC(=O)NC(c1cccs1)C(C)C)C(=O)O. The van der Waals surface area contributed by atoms with Gasteiger partial charge in [-0.2, -0.15) is 11.8 Å². The Bertz CT molecular complexity index is 449. The molecule has 1 heterocycles. The topological polar surface area (TPSA) is 78.4 Å². The predicted octanol–water partition coefficient (Wildman–Crippen LogP) is 2.95. The zero-order chi connectivity index (χ0) is 15.8. The van der Waals surface area contributed by atoms with Gasteiger partial charge in [0.2, 0.25) is 0 Å². The minimum Gasteiger partial charge on any atom is -0.480 e. The summed E-state index contributed by atoms with van der Waals surface area (Å²) in [6.45, 7) is 4.04. The van der Waals surface area contributed by atoms with Crippen LogP contribution in [0.25, 0.3) is 0 Å². The number of hydrogen-bond acceptors (Lipinski definition) is 4. The van der Waals surface area contributed by atoms with Crippen molar-refractivity contribution in [2.75, 3.05) is 12.0 Å². The molecule has 0 bridgehead atoms. The lowest BCUT2D eigenvalue weighted by Gasteiger charge is -2.23. The molecular weight excluding hydrogens is 308 g/mol. The summed E-state index contributed by atoms with van der Waals surface area (Å²) in [6.07, 6.45) is 2.32. The van der Waals surface area contributed by atoms with Gasteiger partial charge >= 0.3 is 12.0 Å². The number of carboxylic acid groups (broad SMARTS) is 1. The van der Waals surface area contributed by atoms with Gasteiger partial charge < -0.3 is 15.7 Å². The van der Waals surface area contributed by atoms with Crippen LogP contribution in [0.2, 0.25) is 0 Å². The Balaban J connectivity index is 2.62. The Kier molecular flexibility index (Phi) is 7.60. The third kappa shape index (κ3) is 5.97. The first-order chi connectivity index (χ1) is 9.95. The van der Waals surface area contributed by atoms with E-state index in [4.69, 9.17) is 5.11 Å². The van der Waals surface area contributed by atoms with Crippen LogP contribution in [0, 0.1) is 5.92 Å². The molecule has 0 spiro atoms. The summed E-state index contributed by atoms with van der Waals surface area (Å²) < 4.78 is 0. The molecule has 1 aromatic rings. The van der Waals surface area contributed by atoms with Crippen LogP contribution in [0.15, 0.2) is 17.5 Å². The first-order valence-electron chi connectivity index (χ1n) is 6.77. The van der Waals surface area contributed by atoms with Gasteiger partial charge in [0.25, 0.3) is 0 Å². The number of aliphatic carboxylic acids is 1. The largest absolute Gasteiger partial charge is 0.480 e. The molecule has 0 fully saturated rings. The van der Waals surface area contributed by atoms with E-state index in [1.54, 1.807) is 23.1 Å². The monoisotopic (exact) mass is 330 g/mol. The second kappa shape index (κ2) is 8.94. The highest BCUT2D eigenvalue weighted by Crippen LogP contribution is 2.25. The molecule has 0 aliphatic carbocycles. The van der Waals surface area contributed by atoms with Crippen molar-refractivity contribution in [2.45, 2.75) is 32.4 Å². The quantitative estimate of drug-likeness (QED) is 0.685. The summed E-state index contributed by atoms with van der Waals surface area (Å²) in [5.41, 5.74) is 0. The fourth-order valence-corrected chi connectivity index (χ4v) is 3.29. The Morgan fingerprint density at radius 3 is 2.57 bits per heavy atom. The van der Waals surface area contributed by atoms with Crippen LogP contribution in [0.4, 0.5) is 4.79 Å². The van der Waals surface area contributed by atoms with Gasteiger partial charge in [0.15, 0.2) is 0 Å². The molecule has 1 rings (SSSR count). The van der Waals surface area contributed by atoms with Crippen LogP contribution in [0.3, 0.4) is 0 Å². The van der Waals surface area contributed by atoms with Crippen LogP contribution in [-0.4, -0.2) is 35.2 Å². The molecule has 21 heavy (non-hydrogen) atoms. The number of hydrogen-bond donors (Lipinski definition) is 3. The van der Waals surface area contributed by atoms with Gasteiger partial charge in [0.05, 0.1) is 6.04 Å². The molecule has 1 aromatic heterocycles. The Morgan fingerprint density at radius 2 is 2.10 bits per heavy atom. The van der Waals surface area contributed by atoms with Gasteiger partial charge in [-0.1, -0.05) is 19.9 Å².